The summed E-state index contributed by atoms with van der Waals surface area (Å²) in [7, 11) is 1.72. The molecule has 0 unspecified atom stereocenters. The van der Waals surface area contributed by atoms with Crippen molar-refractivity contribution in [1.29, 1.82) is 0 Å². The number of thioether (sulfide) groups is 1. The van der Waals surface area contributed by atoms with Crippen LogP contribution in [0.5, 0.6) is 11.5 Å². The number of hydrogen-bond donors (Lipinski definition) is 2. The van der Waals surface area contributed by atoms with Crippen LogP contribution < -0.4 is 20.1 Å². The van der Waals surface area contributed by atoms with E-state index in [2.05, 4.69) is 15.6 Å². The Balaban J connectivity index is 0.00000243. The number of aliphatic imine (C=N–C) groups is 1. The summed E-state index contributed by atoms with van der Waals surface area (Å²) in [5, 5.41) is 6.47. The van der Waals surface area contributed by atoms with E-state index in [9.17, 15) is 4.39 Å². The molecule has 1 aliphatic heterocycles. The molecule has 2 aromatic carbocycles. The summed E-state index contributed by atoms with van der Waals surface area (Å²) in [5.41, 5.74) is 1.08. The summed E-state index contributed by atoms with van der Waals surface area (Å²) in [6.45, 7) is 1.58. The van der Waals surface area contributed by atoms with Crippen molar-refractivity contribution in [2.24, 2.45) is 4.99 Å². The second kappa shape index (κ2) is 10.5. The number of halogens is 2. The molecule has 5 nitrogen and oxygen atoms in total. The highest BCUT2D eigenvalue weighted by Gasteiger charge is 2.13. The van der Waals surface area contributed by atoms with E-state index in [0.29, 0.717) is 23.9 Å². The van der Waals surface area contributed by atoms with Gasteiger partial charge in [0.15, 0.2) is 17.5 Å². The molecule has 0 aliphatic carbocycles. The minimum absolute atomic E-state index is 0. The van der Waals surface area contributed by atoms with Crippen LogP contribution in [0, 0.1) is 5.82 Å². The minimum atomic E-state index is -0.183. The van der Waals surface area contributed by atoms with Crippen LogP contribution in [0.3, 0.4) is 0 Å². The van der Waals surface area contributed by atoms with Gasteiger partial charge in [-0.3, -0.25) is 4.99 Å². The number of benzene rings is 2. The van der Waals surface area contributed by atoms with Gasteiger partial charge in [-0.05, 0) is 29.8 Å². The molecule has 0 aromatic heterocycles. The Hall–Kier alpha value is -1.68. The standard InChI is InChI=1S/C18H20FN3O2S.HI/c1-20-18(21-8-9-25-17-5-3-2-4-14(17)19)22-11-13-6-7-15-16(10-13)24-12-23-15;/h2-7,10H,8-9,11-12H2,1H3,(H2,20,21,22);1H. The van der Waals surface area contributed by atoms with Gasteiger partial charge in [-0.25, -0.2) is 4.39 Å². The molecule has 26 heavy (non-hydrogen) atoms. The maximum atomic E-state index is 13.5. The van der Waals surface area contributed by atoms with Crippen LogP contribution in [0.15, 0.2) is 52.4 Å². The minimum Gasteiger partial charge on any atom is -0.454 e. The Morgan fingerprint density at radius 1 is 1.15 bits per heavy atom. The fourth-order valence-electron chi connectivity index (χ4n) is 2.35. The molecule has 0 atom stereocenters. The van der Waals surface area contributed by atoms with Gasteiger partial charge in [-0.1, -0.05) is 18.2 Å². The van der Waals surface area contributed by atoms with Gasteiger partial charge in [-0.15, -0.1) is 35.7 Å². The lowest BCUT2D eigenvalue weighted by Gasteiger charge is -2.12. The molecule has 3 rings (SSSR count). The third-order valence-corrected chi connectivity index (χ3v) is 4.66. The molecule has 2 aromatic rings. The van der Waals surface area contributed by atoms with E-state index >= 15 is 0 Å². The third kappa shape index (κ3) is 5.66. The quantitative estimate of drug-likeness (QED) is 0.214. The summed E-state index contributed by atoms with van der Waals surface area (Å²) in [6, 6.07) is 12.6. The molecule has 140 valence electrons. The second-order valence-electron chi connectivity index (χ2n) is 5.32. The lowest BCUT2D eigenvalue weighted by molar-refractivity contribution is 0.174. The fraction of sp³-hybridized carbons (Fsp3) is 0.278. The van der Waals surface area contributed by atoms with Gasteiger partial charge in [0, 0.05) is 30.8 Å². The van der Waals surface area contributed by atoms with E-state index in [0.717, 1.165) is 22.8 Å². The van der Waals surface area contributed by atoms with Crippen LogP contribution in [-0.4, -0.2) is 32.1 Å². The average molecular weight is 489 g/mol. The molecular weight excluding hydrogens is 468 g/mol. The SMILES string of the molecule is CN=C(NCCSc1ccccc1F)NCc1ccc2c(c1)OCO2.I. The summed E-state index contributed by atoms with van der Waals surface area (Å²) in [4.78, 5) is 4.85. The van der Waals surface area contributed by atoms with Crippen LogP contribution in [0.1, 0.15) is 5.56 Å². The Kier molecular flexibility index (Phi) is 8.30. The molecule has 0 spiro atoms. The van der Waals surface area contributed by atoms with E-state index < -0.39 is 0 Å². The van der Waals surface area contributed by atoms with Gasteiger partial charge >= 0.3 is 0 Å². The predicted octanol–water partition coefficient (Wildman–Crippen LogP) is 3.63. The van der Waals surface area contributed by atoms with Crippen LogP contribution in [0.25, 0.3) is 0 Å². The zero-order chi connectivity index (χ0) is 17.5. The van der Waals surface area contributed by atoms with Crippen LogP contribution in [0.4, 0.5) is 4.39 Å². The van der Waals surface area contributed by atoms with E-state index in [4.69, 9.17) is 9.47 Å². The van der Waals surface area contributed by atoms with E-state index in [1.54, 1.807) is 19.2 Å². The topological polar surface area (TPSA) is 54.9 Å². The Labute approximate surface area is 173 Å². The first-order valence-electron chi connectivity index (χ1n) is 7.96. The molecule has 0 amide bonds. The summed E-state index contributed by atoms with van der Waals surface area (Å²) in [6.07, 6.45) is 0. The highest BCUT2D eigenvalue weighted by atomic mass is 127. The lowest BCUT2D eigenvalue weighted by atomic mass is 10.2. The van der Waals surface area contributed by atoms with Crippen molar-refractivity contribution in [2.45, 2.75) is 11.4 Å². The largest absolute Gasteiger partial charge is 0.454 e. The van der Waals surface area contributed by atoms with Gasteiger partial charge in [-0.2, -0.15) is 0 Å². The number of hydrogen-bond acceptors (Lipinski definition) is 4. The average Bonchev–Trinajstić information content (AvgIpc) is 3.10. The van der Waals surface area contributed by atoms with Gasteiger partial charge in [0.1, 0.15) is 5.82 Å². The van der Waals surface area contributed by atoms with E-state index in [-0.39, 0.29) is 36.6 Å². The zero-order valence-corrected chi connectivity index (χ0v) is 17.5. The number of rotatable bonds is 6. The third-order valence-electron chi connectivity index (χ3n) is 3.61. The van der Waals surface area contributed by atoms with Crippen molar-refractivity contribution in [2.75, 3.05) is 26.1 Å². The predicted molar refractivity (Wildman–Crippen MR) is 113 cm³/mol. The van der Waals surface area contributed by atoms with Crippen molar-refractivity contribution in [3.8, 4) is 11.5 Å². The maximum Gasteiger partial charge on any atom is 0.231 e. The number of nitrogens with one attached hydrogen (secondary N) is 2. The highest BCUT2D eigenvalue weighted by molar-refractivity contribution is 14.0. The lowest BCUT2D eigenvalue weighted by Crippen LogP contribution is -2.37. The van der Waals surface area contributed by atoms with Crippen molar-refractivity contribution in [3.63, 3.8) is 0 Å². The van der Waals surface area contributed by atoms with Crippen LogP contribution >= 0.6 is 35.7 Å². The Morgan fingerprint density at radius 2 is 1.96 bits per heavy atom. The Bertz CT molecular complexity index is 761. The molecule has 0 bridgehead atoms. The summed E-state index contributed by atoms with van der Waals surface area (Å²) < 4.78 is 24.2. The molecule has 1 aliphatic rings. The number of guanidine groups is 1. The molecule has 0 fully saturated rings. The highest BCUT2D eigenvalue weighted by Crippen LogP contribution is 2.32. The smallest absolute Gasteiger partial charge is 0.231 e. The van der Waals surface area contributed by atoms with E-state index in [1.165, 1.54) is 17.8 Å². The molecule has 2 N–H and O–H groups in total. The van der Waals surface area contributed by atoms with Crippen molar-refractivity contribution in [3.05, 3.63) is 53.8 Å². The summed E-state index contributed by atoms with van der Waals surface area (Å²) in [5.74, 6) is 2.80. The maximum absolute atomic E-state index is 13.5. The van der Waals surface area contributed by atoms with E-state index in [1.807, 2.05) is 24.3 Å². The summed E-state index contributed by atoms with van der Waals surface area (Å²) >= 11 is 1.48. The first-order valence-corrected chi connectivity index (χ1v) is 8.95. The normalized spacial score (nSPS) is 12.5. The van der Waals surface area contributed by atoms with Crippen molar-refractivity contribution in [1.82, 2.24) is 10.6 Å². The first kappa shape index (κ1) is 20.6. The monoisotopic (exact) mass is 489 g/mol. The van der Waals surface area contributed by atoms with Crippen LogP contribution in [-0.2, 0) is 6.54 Å². The van der Waals surface area contributed by atoms with Gasteiger partial charge in [0.25, 0.3) is 0 Å². The molecular formula is C18H21FIN3O2S. The number of ether oxygens (including phenoxy) is 2. The zero-order valence-electron chi connectivity index (χ0n) is 14.3. The molecule has 0 saturated heterocycles. The Morgan fingerprint density at radius 3 is 2.77 bits per heavy atom. The molecule has 0 saturated carbocycles. The number of fused-ring (bicyclic) bond motifs is 1. The van der Waals surface area contributed by atoms with Crippen molar-refractivity contribution >= 4 is 41.7 Å². The molecule has 1 heterocycles. The second-order valence-corrected chi connectivity index (χ2v) is 6.46. The van der Waals surface area contributed by atoms with Crippen LogP contribution in [0.2, 0.25) is 0 Å². The first-order chi connectivity index (χ1) is 12.3. The molecule has 8 heteroatoms. The van der Waals surface area contributed by atoms with Gasteiger partial charge < -0.3 is 20.1 Å². The van der Waals surface area contributed by atoms with Crippen molar-refractivity contribution < 1.29 is 13.9 Å². The molecule has 0 radical (unpaired) electrons. The van der Waals surface area contributed by atoms with Gasteiger partial charge in [0.2, 0.25) is 6.79 Å². The fourth-order valence-corrected chi connectivity index (χ4v) is 3.15. The number of nitrogens with zero attached hydrogens (tertiary/aromatic N) is 1. The van der Waals surface area contributed by atoms with Gasteiger partial charge in [0.05, 0.1) is 0 Å².